The van der Waals surface area contributed by atoms with Crippen LogP contribution < -0.4 is 5.32 Å². The van der Waals surface area contributed by atoms with Crippen molar-refractivity contribution in [1.29, 1.82) is 0 Å². The van der Waals surface area contributed by atoms with Crippen LogP contribution in [0.5, 0.6) is 0 Å². The molecule has 1 rings (SSSR count). The van der Waals surface area contributed by atoms with Gasteiger partial charge in [-0.1, -0.05) is 0 Å². The molecule has 7 heteroatoms. The lowest BCUT2D eigenvalue weighted by Gasteiger charge is -1.92. The molecule has 6 nitrogen and oxygen atoms in total. The van der Waals surface area contributed by atoms with Crippen LogP contribution in [0.1, 0.15) is 5.82 Å². The molecule has 2 N–H and O–H groups in total. The highest BCUT2D eigenvalue weighted by atomic mass is 127. The average Bonchev–Trinajstić information content (AvgIpc) is 2.34. The molecule has 0 bridgehead atoms. The van der Waals surface area contributed by atoms with Crippen LogP contribution in [0.15, 0.2) is 0 Å². The zero-order valence-corrected chi connectivity index (χ0v) is 6.99. The quantitative estimate of drug-likeness (QED) is 0.436. The molecule has 0 unspecified atom stereocenters. The molecule has 1 amide bonds. The van der Waals surface area contributed by atoms with Crippen LogP contribution in [-0.2, 0) is 6.54 Å². The lowest BCUT2D eigenvalue weighted by Crippen LogP contribution is -2.15. The third-order valence-electron chi connectivity index (χ3n) is 0.784. The average molecular weight is 253 g/mol. The number of carbonyl (C=O) groups excluding carboxylic acids is 1. The molecule has 0 spiro atoms. The van der Waals surface area contributed by atoms with Crippen LogP contribution in [0, 0.1) is 0 Å². The van der Waals surface area contributed by atoms with Gasteiger partial charge in [-0.05, 0) is 10.4 Å². The van der Waals surface area contributed by atoms with E-state index in [4.69, 9.17) is 0 Å². The molecule has 0 atom stereocenters. The summed E-state index contributed by atoms with van der Waals surface area (Å²) in [7, 11) is 0. The van der Waals surface area contributed by atoms with Crippen molar-refractivity contribution in [3.63, 3.8) is 0 Å². The smallest absolute Gasteiger partial charge is 0.281 e. The van der Waals surface area contributed by atoms with Gasteiger partial charge in [0.25, 0.3) is 3.91 Å². The minimum absolute atomic E-state index is 0.131. The Kier molecular flexibility index (Phi) is 2.54. The molecule has 0 aromatic carbocycles. The van der Waals surface area contributed by atoms with Gasteiger partial charge in [-0.25, -0.2) is 5.10 Å². The van der Waals surface area contributed by atoms with Crippen LogP contribution in [-0.4, -0.2) is 24.5 Å². The second kappa shape index (κ2) is 3.44. The fourth-order valence-electron chi connectivity index (χ4n) is 0.407. The zero-order valence-electron chi connectivity index (χ0n) is 4.83. The SMILES string of the molecule is O=C(I)NCc1nnn[nH]1. The first kappa shape index (κ1) is 7.38. The number of hydrogen-bond acceptors (Lipinski definition) is 4. The minimum atomic E-state index is -0.131. The lowest BCUT2D eigenvalue weighted by atomic mass is 10.6. The van der Waals surface area contributed by atoms with Gasteiger partial charge in [0.05, 0.1) is 6.54 Å². The van der Waals surface area contributed by atoms with Gasteiger partial charge in [0.2, 0.25) is 0 Å². The van der Waals surface area contributed by atoms with Gasteiger partial charge in [0.1, 0.15) is 0 Å². The lowest BCUT2D eigenvalue weighted by molar-refractivity contribution is 0.262. The summed E-state index contributed by atoms with van der Waals surface area (Å²) in [4.78, 5) is 10.3. The van der Waals surface area contributed by atoms with E-state index in [1.54, 1.807) is 22.6 Å². The van der Waals surface area contributed by atoms with Crippen molar-refractivity contribution in [2.75, 3.05) is 0 Å². The summed E-state index contributed by atoms with van der Waals surface area (Å²) in [5, 5.41) is 15.2. The van der Waals surface area contributed by atoms with Crippen molar-refractivity contribution >= 4 is 26.5 Å². The van der Waals surface area contributed by atoms with Gasteiger partial charge in [-0.15, -0.1) is 5.10 Å². The van der Waals surface area contributed by atoms with E-state index in [1.165, 1.54) is 0 Å². The Labute approximate surface area is 69.9 Å². The van der Waals surface area contributed by atoms with Gasteiger partial charge in [-0.2, -0.15) is 0 Å². The molecule has 54 valence electrons. The molecule has 10 heavy (non-hydrogen) atoms. The maximum atomic E-state index is 10.3. The summed E-state index contributed by atoms with van der Waals surface area (Å²) < 4.78 is -0.131. The second-order valence-electron chi connectivity index (χ2n) is 1.48. The zero-order chi connectivity index (χ0) is 7.40. The molecule has 0 radical (unpaired) electrons. The van der Waals surface area contributed by atoms with Crippen LogP contribution in [0.25, 0.3) is 0 Å². The summed E-state index contributed by atoms with van der Waals surface area (Å²) in [6, 6.07) is 0. The Hall–Kier alpha value is -0.730. The summed E-state index contributed by atoms with van der Waals surface area (Å²) >= 11 is 1.63. The highest BCUT2D eigenvalue weighted by Crippen LogP contribution is 1.86. The Morgan fingerprint density at radius 3 is 3.10 bits per heavy atom. The Bertz CT molecular complexity index is 209. The summed E-state index contributed by atoms with van der Waals surface area (Å²) in [5.41, 5.74) is 0. The third kappa shape index (κ3) is 2.25. The predicted molar refractivity (Wildman–Crippen MR) is 40.4 cm³/mol. The molecule has 0 saturated carbocycles. The van der Waals surface area contributed by atoms with Crippen LogP contribution in [0.3, 0.4) is 0 Å². The largest absolute Gasteiger partial charge is 0.340 e. The Balaban J connectivity index is 2.35. The van der Waals surface area contributed by atoms with E-state index in [-0.39, 0.29) is 3.91 Å². The van der Waals surface area contributed by atoms with Crippen LogP contribution >= 0.6 is 22.6 Å². The molecule has 0 aliphatic rings. The first-order valence-electron chi connectivity index (χ1n) is 2.45. The van der Waals surface area contributed by atoms with Crippen LogP contribution in [0.4, 0.5) is 4.79 Å². The Morgan fingerprint density at radius 2 is 2.60 bits per heavy atom. The third-order valence-corrected chi connectivity index (χ3v) is 1.17. The van der Waals surface area contributed by atoms with E-state index in [2.05, 4.69) is 25.9 Å². The number of carbonyl (C=O) groups is 1. The first-order valence-corrected chi connectivity index (χ1v) is 3.53. The molecule has 1 heterocycles. The minimum Gasteiger partial charge on any atom is -0.340 e. The first-order chi connectivity index (χ1) is 4.79. The number of nitrogens with one attached hydrogen (secondary N) is 2. The van der Waals surface area contributed by atoms with Crippen molar-refractivity contribution < 1.29 is 4.79 Å². The Morgan fingerprint density at radius 1 is 1.80 bits per heavy atom. The predicted octanol–water partition coefficient (Wildman–Crippen LogP) is -0.156. The van der Waals surface area contributed by atoms with Crippen molar-refractivity contribution in [2.24, 2.45) is 0 Å². The normalized spacial score (nSPS) is 9.30. The number of nitrogens with zero attached hydrogens (tertiary/aromatic N) is 3. The molecule has 0 aliphatic carbocycles. The highest BCUT2D eigenvalue weighted by molar-refractivity contribution is 14.1. The highest BCUT2D eigenvalue weighted by Gasteiger charge is 1.96. The van der Waals surface area contributed by atoms with Gasteiger partial charge in [-0.3, -0.25) is 4.79 Å². The van der Waals surface area contributed by atoms with Crippen molar-refractivity contribution in [2.45, 2.75) is 6.54 Å². The maximum absolute atomic E-state index is 10.3. The molecule has 0 saturated heterocycles. The molecular formula is C3H4IN5O. The monoisotopic (exact) mass is 253 g/mol. The number of H-pyrrole nitrogens is 1. The molecule has 0 aliphatic heterocycles. The number of tetrazole rings is 1. The standard InChI is InChI=1S/C3H4IN5O/c4-3(10)5-1-2-6-8-9-7-2/h1H2,(H,5,10)(H,6,7,8,9). The van der Waals surface area contributed by atoms with E-state index >= 15 is 0 Å². The van der Waals surface area contributed by atoms with Crippen molar-refractivity contribution in [3.8, 4) is 0 Å². The van der Waals surface area contributed by atoms with Gasteiger partial charge in [0.15, 0.2) is 5.82 Å². The van der Waals surface area contributed by atoms with Gasteiger partial charge < -0.3 is 5.32 Å². The number of hydrogen-bond donors (Lipinski definition) is 2. The number of aromatic amines is 1. The number of halogens is 1. The van der Waals surface area contributed by atoms with E-state index in [1.807, 2.05) is 0 Å². The number of rotatable bonds is 2. The van der Waals surface area contributed by atoms with E-state index in [9.17, 15) is 4.79 Å². The summed E-state index contributed by atoms with van der Waals surface area (Å²) in [6.45, 7) is 0.342. The maximum Gasteiger partial charge on any atom is 0.281 e. The fourth-order valence-corrected chi connectivity index (χ4v) is 0.598. The topological polar surface area (TPSA) is 83.6 Å². The van der Waals surface area contributed by atoms with E-state index in [0.29, 0.717) is 12.4 Å². The summed E-state index contributed by atoms with van der Waals surface area (Å²) in [6.07, 6.45) is 0. The van der Waals surface area contributed by atoms with Crippen molar-refractivity contribution in [1.82, 2.24) is 25.9 Å². The van der Waals surface area contributed by atoms with E-state index in [0.717, 1.165) is 0 Å². The van der Waals surface area contributed by atoms with Crippen molar-refractivity contribution in [3.05, 3.63) is 5.82 Å². The summed E-state index contributed by atoms with van der Waals surface area (Å²) in [5.74, 6) is 0.546. The fraction of sp³-hybridized carbons (Fsp3) is 0.333. The molecular weight excluding hydrogens is 249 g/mol. The van der Waals surface area contributed by atoms with Crippen LogP contribution in [0.2, 0.25) is 0 Å². The van der Waals surface area contributed by atoms with Gasteiger partial charge in [0, 0.05) is 22.6 Å². The molecule has 1 aromatic heterocycles. The van der Waals surface area contributed by atoms with Gasteiger partial charge >= 0.3 is 0 Å². The molecule has 0 fully saturated rings. The van der Waals surface area contributed by atoms with E-state index < -0.39 is 0 Å². The molecule has 1 aromatic rings. The second-order valence-corrected chi connectivity index (χ2v) is 2.45. The number of aromatic nitrogens is 4. The number of amides is 1.